The van der Waals surface area contributed by atoms with E-state index in [2.05, 4.69) is 23.8 Å². The third kappa shape index (κ3) is 4.45. The molecule has 1 fully saturated rings. The summed E-state index contributed by atoms with van der Waals surface area (Å²) in [6, 6.07) is 10.7. The average molecular weight is 497 g/mol. The highest BCUT2D eigenvalue weighted by atomic mass is 32.2. The van der Waals surface area contributed by atoms with Crippen molar-refractivity contribution in [2.45, 2.75) is 55.9 Å². The molecule has 7 nitrogen and oxygen atoms in total. The van der Waals surface area contributed by atoms with E-state index >= 15 is 0 Å². The molecule has 1 atom stereocenters. The van der Waals surface area contributed by atoms with Crippen molar-refractivity contribution in [3.63, 3.8) is 0 Å². The largest absolute Gasteiger partial charge is 0.486 e. The Balaban J connectivity index is 1.40. The number of amides is 1. The number of sulfonamides is 1. The van der Waals surface area contributed by atoms with Crippen LogP contribution in [0.15, 0.2) is 47.4 Å². The van der Waals surface area contributed by atoms with Gasteiger partial charge in [-0.25, -0.2) is 13.1 Å². The monoisotopic (exact) mass is 496 g/mol. The molecule has 1 unspecified atom stereocenters. The highest BCUT2D eigenvalue weighted by Gasteiger charge is 2.46. The van der Waals surface area contributed by atoms with Gasteiger partial charge in [-0.3, -0.25) is 4.79 Å². The summed E-state index contributed by atoms with van der Waals surface area (Å²) in [4.78, 5) is 15.6. The van der Waals surface area contributed by atoms with Crippen molar-refractivity contribution in [3.05, 3.63) is 59.2 Å². The maximum absolute atomic E-state index is 13.4. The van der Waals surface area contributed by atoms with E-state index in [-0.39, 0.29) is 22.3 Å². The lowest BCUT2D eigenvalue weighted by Gasteiger charge is -2.46. The van der Waals surface area contributed by atoms with Crippen LogP contribution < -0.4 is 14.2 Å². The molecule has 1 saturated carbocycles. The van der Waals surface area contributed by atoms with Crippen molar-refractivity contribution >= 4 is 22.0 Å². The summed E-state index contributed by atoms with van der Waals surface area (Å²) in [6.45, 7) is 5.92. The fourth-order valence-corrected chi connectivity index (χ4v) is 6.71. The van der Waals surface area contributed by atoms with E-state index in [1.54, 1.807) is 43.3 Å². The minimum Gasteiger partial charge on any atom is -0.486 e. The smallest absolute Gasteiger partial charge is 0.247 e. The Morgan fingerprint density at radius 2 is 1.77 bits per heavy atom. The van der Waals surface area contributed by atoms with Crippen LogP contribution >= 0.6 is 0 Å². The SMILES string of the molecule is CCNS(=O)(=O)c1ccc(/C=C/C(=O)N2CC3(CCCC3)c3cc4c(cc3C2C)OCCO4)cc1. The zero-order chi connectivity index (χ0) is 24.6. The minimum absolute atomic E-state index is 0.0475. The van der Waals surface area contributed by atoms with E-state index in [0.29, 0.717) is 26.3 Å². The Hall–Kier alpha value is -2.84. The van der Waals surface area contributed by atoms with Crippen molar-refractivity contribution < 1.29 is 22.7 Å². The topological polar surface area (TPSA) is 84.9 Å². The highest BCUT2D eigenvalue weighted by Crippen LogP contribution is 2.51. The zero-order valence-corrected chi connectivity index (χ0v) is 21.1. The Morgan fingerprint density at radius 3 is 2.43 bits per heavy atom. The van der Waals surface area contributed by atoms with Gasteiger partial charge in [-0.1, -0.05) is 31.9 Å². The van der Waals surface area contributed by atoms with Gasteiger partial charge in [0.1, 0.15) is 13.2 Å². The molecule has 2 aromatic rings. The van der Waals surface area contributed by atoms with Crippen molar-refractivity contribution in [1.82, 2.24) is 9.62 Å². The first-order valence-electron chi connectivity index (χ1n) is 12.4. The van der Waals surface area contributed by atoms with Crippen molar-refractivity contribution in [2.75, 3.05) is 26.3 Å². The summed E-state index contributed by atoms with van der Waals surface area (Å²) in [5.74, 6) is 1.52. The lowest BCUT2D eigenvalue weighted by molar-refractivity contribution is -0.129. The predicted molar refractivity (Wildman–Crippen MR) is 134 cm³/mol. The molecule has 1 N–H and O–H groups in total. The van der Waals surface area contributed by atoms with Gasteiger partial charge in [0.25, 0.3) is 0 Å². The second kappa shape index (κ2) is 9.32. The molecule has 0 aromatic heterocycles. The third-order valence-corrected chi connectivity index (χ3v) is 9.02. The summed E-state index contributed by atoms with van der Waals surface area (Å²) in [5, 5.41) is 0. The summed E-state index contributed by atoms with van der Waals surface area (Å²) in [6.07, 6.45) is 7.77. The van der Waals surface area contributed by atoms with E-state index in [1.165, 1.54) is 5.56 Å². The minimum atomic E-state index is -3.50. The summed E-state index contributed by atoms with van der Waals surface area (Å²) >= 11 is 0. The first kappa shape index (κ1) is 23.9. The Morgan fingerprint density at radius 1 is 1.11 bits per heavy atom. The Kier molecular flexibility index (Phi) is 6.36. The number of rotatable bonds is 5. The van der Waals surface area contributed by atoms with Crippen molar-refractivity contribution in [2.24, 2.45) is 0 Å². The maximum Gasteiger partial charge on any atom is 0.247 e. The normalized spacial score (nSPS) is 20.9. The molecule has 1 aliphatic carbocycles. The molecule has 5 rings (SSSR count). The number of hydrogen-bond acceptors (Lipinski definition) is 5. The second-order valence-corrected chi connectivity index (χ2v) is 11.4. The first-order chi connectivity index (χ1) is 16.8. The van der Waals surface area contributed by atoms with Crippen LogP contribution in [-0.2, 0) is 20.2 Å². The number of nitrogens with zero attached hydrogens (tertiary/aromatic N) is 1. The maximum atomic E-state index is 13.4. The number of ether oxygens (including phenoxy) is 2. The van der Waals surface area contributed by atoms with Crippen LogP contribution in [0.4, 0.5) is 0 Å². The van der Waals surface area contributed by atoms with E-state index in [9.17, 15) is 13.2 Å². The predicted octanol–water partition coefficient (Wildman–Crippen LogP) is 4.18. The molecule has 0 bridgehead atoms. The Labute approximate surface area is 207 Å². The summed E-state index contributed by atoms with van der Waals surface area (Å²) < 4.78 is 38.5. The van der Waals surface area contributed by atoms with Crippen LogP contribution in [0.5, 0.6) is 11.5 Å². The number of benzene rings is 2. The molecule has 1 spiro atoms. The molecule has 2 aromatic carbocycles. The summed E-state index contributed by atoms with van der Waals surface area (Å²) in [7, 11) is -3.50. The quantitative estimate of drug-likeness (QED) is 0.628. The van der Waals surface area contributed by atoms with Crippen LogP contribution in [0.3, 0.4) is 0 Å². The van der Waals surface area contributed by atoms with E-state index in [1.807, 2.05) is 4.90 Å². The molecule has 8 heteroatoms. The molecule has 186 valence electrons. The lowest BCUT2D eigenvalue weighted by Crippen LogP contribution is -2.48. The van der Waals surface area contributed by atoms with Crippen LogP contribution in [0.25, 0.3) is 6.08 Å². The number of carbonyl (C=O) groups excluding carboxylic acids is 1. The average Bonchev–Trinajstić information content (AvgIpc) is 3.33. The molecule has 2 aliphatic heterocycles. The lowest BCUT2D eigenvalue weighted by atomic mass is 9.71. The van der Waals surface area contributed by atoms with Gasteiger partial charge in [0, 0.05) is 24.6 Å². The molecular weight excluding hydrogens is 464 g/mol. The molecule has 1 amide bonds. The van der Waals surface area contributed by atoms with Crippen LogP contribution in [-0.4, -0.2) is 45.5 Å². The van der Waals surface area contributed by atoms with Gasteiger partial charge in [0.15, 0.2) is 11.5 Å². The number of fused-ring (bicyclic) bond motifs is 3. The zero-order valence-electron chi connectivity index (χ0n) is 20.2. The van der Waals surface area contributed by atoms with Gasteiger partial charge >= 0.3 is 0 Å². The molecule has 3 aliphatic rings. The first-order valence-corrected chi connectivity index (χ1v) is 13.8. The Bertz CT molecular complexity index is 1250. The molecule has 35 heavy (non-hydrogen) atoms. The van der Waals surface area contributed by atoms with Crippen LogP contribution in [0.2, 0.25) is 0 Å². The van der Waals surface area contributed by atoms with E-state index in [0.717, 1.165) is 48.3 Å². The summed E-state index contributed by atoms with van der Waals surface area (Å²) in [5.41, 5.74) is 3.16. The molecule has 2 heterocycles. The van der Waals surface area contributed by atoms with E-state index in [4.69, 9.17) is 9.47 Å². The van der Waals surface area contributed by atoms with Gasteiger partial charge in [0.05, 0.1) is 10.9 Å². The second-order valence-electron chi connectivity index (χ2n) is 9.62. The number of nitrogens with one attached hydrogen (secondary N) is 1. The van der Waals surface area contributed by atoms with Gasteiger partial charge in [0.2, 0.25) is 15.9 Å². The van der Waals surface area contributed by atoms with Gasteiger partial charge in [-0.05, 0) is 66.8 Å². The number of hydrogen-bond donors (Lipinski definition) is 1. The molecule has 0 radical (unpaired) electrons. The fraction of sp³-hybridized carbons (Fsp3) is 0.444. The molecule has 0 saturated heterocycles. The van der Waals surface area contributed by atoms with Crippen molar-refractivity contribution in [1.29, 1.82) is 0 Å². The fourth-order valence-electron chi connectivity index (χ4n) is 5.67. The third-order valence-electron chi connectivity index (χ3n) is 7.46. The van der Waals surface area contributed by atoms with Crippen molar-refractivity contribution in [3.8, 4) is 11.5 Å². The van der Waals surface area contributed by atoms with Crippen LogP contribution in [0.1, 0.15) is 62.3 Å². The van der Waals surface area contributed by atoms with Gasteiger partial charge in [-0.2, -0.15) is 0 Å². The van der Waals surface area contributed by atoms with E-state index < -0.39 is 10.0 Å². The molecular formula is C27H32N2O5S. The number of carbonyl (C=O) groups is 1. The highest BCUT2D eigenvalue weighted by molar-refractivity contribution is 7.89. The standard InChI is InChI=1S/C27H32N2O5S/c1-3-28-35(31,32)21-9-6-20(7-10-21)8-11-26(30)29-18-27(12-4-5-13-27)23-17-25-24(33-14-15-34-25)16-22(23)19(29)2/h6-11,16-17,19,28H,3-5,12-15,18H2,1-2H3/b11-8+. The van der Waals surface area contributed by atoms with Gasteiger partial charge in [-0.15, -0.1) is 0 Å². The van der Waals surface area contributed by atoms with Crippen LogP contribution in [0, 0.1) is 0 Å². The van der Waals surface area contributed by atoms with Gasteiger partial charge < -0.3 is 14.4 Å².